The first-order valence-corrected chi connectivity index (χ1v) is 10.6. The number of carbonyl (C=O) groups is 1. The van der Waals surface area contributed by atoms with Gasteiger partial charge in [-0.2, -0.15) is 0 Å². The highest BCUT2D eigenvalue weighted by Gasteiger charge is 2.31. The summed E-state index contributed by atoms with van der Waals surface area (Å²) in [7, 11) is 0. The highest BCUT2D eigenvalue weighted by atomic mass is 19.1. The van der Waals surface area contributed by atoms with Gasteiger partial charge >= 0.3 is 0 Å². The number of aliphatic imine (C=N–C) groups is 1. The Morgan fingerprint density at radius 1 is 0.900 bits per heavy atom. The van der Waals surface area contributed by atoms with Crippen LogP contribution in [0.1, 0.15) is 36.7 Å². The zero-order chi connectivity index (χ0) is 21.3. The number of amides is 1. The lowest BCUT2D eigenvalue weighted by Crippen LogP contribution is -2.53. The van der Waals surface area contributed by atoms with Crippen molar-refractivity contribution in [2.24, 2.45) is 4.99 Å². The molecule has 0 aliphatic carbocycles. The Labute approximate surface area is 177 Å². The van der Waals surface area contributed by atoms with Crippen LogP contribution in [0, 0.1) is 5.82 Å². The van der Waals surface area contributed by atoms with Crippen LogP contribution in [0.4, 0.5) is 10.1 Å². The molecule has 6 heteroatoms. The molecule has 1 fully saturated rings. The van der Waals surface area contributed by atoms with E-state index in [1.807, 2.05) is 36.4 Å². The van der Waals surface area contributed by atoms with E-state index in [-0.39, 0.29) is 17.1 Å². The van der Waals surface area contributed by atoms with Gasteiger partial charge in [0.15, 0.2) is 0 Å². The number of rotatable bonds is 2. The Bertz CT molecular complexity index is 940. The number of halogens is 1. The van der Waals surface area contributed by atoms with Gasteiger partial charge in [0.05, 0.1) is 12.2 Å². The highest BCUT2D eigenvalue weighted by Crippen LogP contribution is 2.24. The monoisotopic (exact) mass is 408 g/mol. The number of nitrogens with zero attached hydrogens (tertiary/aromatic N) is 4. The molecule has 2 aromatic rings. The van der Waals surface area contributed by atoms with Gasteiger partial charge in [0.2, 0.25) is 5.96 Å². The SMILES string of the molecule is CC(C)(C)c1ccc(C(=O)N2CCN=C2N2CCN(c3ccccc3F)CC2)cc1. The number of guanidine groups is 1. The summed E-state index contributed by atoms with van der Waals surface area (Å²) in [6.07, 6.45) is 0. The summed E-state index contributed by atoms with van der Waals surface area (Å²) in [5.41, 5.74) is 2.58. The normalized spacial score (nSPS) is 17.3. The van der Waals surface area contributed by atoms with Crippen LogP contribution in [0.3, 0.4) is 0 Å². The first-order chi connectivity index (χ1) is 14.3. The molecule has 2 heterocycles. The van der Waals surface area contributed by atoms with Gasteiger partial charge in [-0.05, 0) is 35.2 Å². The number of piperazine rings is 1. The summed E-state index contributed by atoms with van der Waals surface area (Å²) in [5, 5.41) is 0. The van der Waals surface area contributed by atoms with E-state index in [2.05, 4.69) is 35.6 Å². The van der Waals surface area contributed by atoms with E-state index in [1.165, 1.54) is 11.6 Å². The van der Waals surface area contributed by atoms with Crippen LogP contribution in [-0.2, 0) is 5.41 Å². The van der Waals surface area contributed by atoms with Gasteiger partial charge < -0.3 is 9.80 Å². The average molecular weight is 409 g/mol. The maximum Gasteiger partial charge on any atom is 0.260 e. The first kappa shape index (κ1) is 20.4. The van der Waals surface area contributed by atoms with Gasteiger partial charge in [-0.3, -0.25) is 14.7 Å². The minimum atomic E-state index is -0.195. The van der Waals surface area contributed by atoms with Gasteiger partial charge in [0, 0.05) is 38.3 Å². The molecule has 0 N–H and O–H groups in total. The molecule has 1 saturated heterocycles. The van der Waals surface area contributed by atoms with Gasteiger partial charge in [-0.25, -0.2) is 4.39 Å². The fourth-order valence-electron chi connectivity index (χ4n) is 4.02. The molecule has 1 amide bonds. The maximum absolute atomic E-state index is 14.1. The smallest absolute Gasteiger partial charge is 0.260 e. The molecule has 0 radical (unpaired) electrons. The van der Waals surface area contributed by atoms with Crippen molar-refractivity contribution in [1.29, 1.82) is 0 Å². The fourth-order valence-corrected chi connectivity index (χ4v) is 4.02. The van der Waals surface area contributed by atoms with E-state index in [0.717, 1.165) is 5.96 Å². The molecule has 0 aromatic heterocycles. The predicted molar refractivity (Wildman–Crippen MR) is 119 cm³/mol. The summed E-state index contributed by atoms with van der Waals surface area (Å²) in [5.74, 6) is 0.538. The van der Waals surface area contributed by atoms with Crippen LogP contribution in [0.2, 0.25) is 0 Å². The minimum Gasteiger partial charge on any atom is -0.366 e. The van der Waals surface area contributed by atoms with Crippen molar-refractivity contribution < 1.29 is 9.18 Å². The Morgan fingerprint density at radius 3 is 2.17 bits per heavy atom. The van der Waals surface area contributed by atoms with E-state index in [1.54, 1.807) is 11.0 Å². The summed E-state index contributed by atoms with van der Waals surface area (Å²) in [6, 6.07) is 14.8. The topological polar surface area (TPSA) is 39.2 Å². The van der Waals surface area contributed by atoms with Crippen LogP contribution in [-0.4, -0.2) is 60.9 Å². The number of para-hydroxylation sites is 1. The van der Waals surface area contributed by atoms with E-state index in [9.17, 15) is 9.18 Å². The summed E-state index contributed by atoms with van der Waals surface area (Å²) in [6.45, 7) is 10.5. The van der Waals surface area contributed by atoms with Gasteiger partial charge in [0.1, 0.15) is 5.82 Å². The number of anilines is 1. The number of hydrogen-bond acceptors (Lipinski definition) is 4. The number of hydrogen-bond donors (Lipinski definition) is 0. The zero-order valence-electron chi connectivity index (χ0n) is 17.9. The molecule has 0 unspecified atom stereocenters. The quantitative estimate of drug-likeness (QED) is 0.760. The van der Waals surface area contributed by atoms with Gasteiger partial charge in [-0.15, -0.1) is 0 Å². The van der Waals surface area contributed by atoms with Crippen LogP contribution in [0.15, 0.2) is 53.5 Å². The van der Waals surface area contributed by atoms with E-state index in [4.69, 9.17) is 0 Å². The Kier molecular flexibility index (Phi) is 5.50. The molecule has 0 saturated carbocycles. The summed E-state index contributed by atoms with van der Waals surface area (Å²) < 4.78 is 14.1. The second kappa shape index (κ2) is 8.09. The largest absolute Gasteiger partial charge is 0.366 e. The van der Waals surface area contributed by atoms with E-state index < -0.39 is 0 Å². The Morgan fingerprint density at radius 2 is 1.53 bits per heavy atom. The van der Waals surface area contributed by atoms with Crippen LogP contribution >= 0.6 is 0 Å². The lowest BCUT2D eigenvalue weighted by molar-refractivity contribution is 0.0843. The Hall–Kier alpha value is -2.89. The minimum absolute atomic E-state index is 0.0109. The molecule has 5 nitrogen and oxygen atoms in total. The summed E-state index contributed by atoms with van der Waals surface area (Å²) in [4.78, 5) is 23.7. The lowest BCUT2D eigenvalue weighted by Gasteiger charge is -2.38. The molecule has 0 atom stereocenters. The van der Waals surface area contributed by atoms with Crippen LogP contribution in [0.5, 0.6) is 0 Å². The molecule has 2 aliphatic rings. The third-order valence-corrected chi connectivity index (χ3v) is 5.82. The van der Waals surface area contributed by atoms with Crippen molar-refractivity contribution in [1.82, 2.24) is 9.80 Å². The van der Waals surface area contributed by atoms with Crippen molar-refractivity contribution in [3.8, 4) is 0 Å². The third kappa shape index (κ3) is 4.04. The van der Waals surface area contributed by atoms with Crippen LogP contribution < -0.4 is 4.90 Å². The zero-order valence-corrected chi connectivity index (χ0v) is 17.9. The van der Waals surface area contributed by atoms with Crippen molar-refractivity contribution in [2.45, 2.75) is 26.2 Å². The Balaban J connectivity index is 1.43. The molecule has 2 aliphatic heterocycles. The number of benzene rings is 2. The predicted octanol–water partition coefficient (Wildman–Crippen LogP) is 3.76. The van der Waals surface area contributed by atoms with Crippen LogP contribution in [0.25, 0.3) is 0 Å². The lowest BCUT2D eigenvalue weighted by atomic mass is 9.86. The van der Waals surface area contributed by atoms with Crippen molar-refractivity contribution >= 4 is 17.6 Å². The standard InChI is InChI=1S/C24H29FN4O/c1-24(2,3)19-10-8-18(9-11-19)22(30)29-13-12-26-23(29)28-16-14-27(15-17-28)21-7-5-4-6-20(21)25/h4-11H,12-17H2,1-3H3. The molecule has 4 rings (SSSR count). The van der Waals surface area contributed by atoms with Gasteiger partial charge in [-0.1, -0.05) is 45.0 Å². The molecule has 2 aromatic carbocycles. The van der Waals surface area contributed by atoms with Gasteiger partial charge in [0.25, 0.3) is 5.91 Å². The fraction of sp³-hybridized carbons (Fsp3) is 0.417. The second-order valence-electron chi connectivity index (χ2n) is 8.89. The highest BCUT2D eigenvalue weighted by molar-refractivity contribution is 6.06. The molecular weight excluding hydrogens is 379 g/mol. The molecule has 0 spiro atoms. The molecule has 0 bridgehead atoms. The third-order valence-electron chi connectivity index (χ3n) is 5.82. The molecule has 30 heavy (non-hydrogen) atoms. The van der Waals surface area contributed by atoms with Crippen molar-refractivity contribution in [3.63, 3.8) is 0 Å². The number of carbonyl (C=O) groups excluding carboxylic acids is 1. The maximum atomic E-state index is 14.1. The molecule has 158 valence electrons. The van der Waals surface area contributed by atoms with Crippen molar-refractivity contribution in [2.75, 3.05) is 44.2 Å². The first-order valence-electron chi connectivity index (χ1n) is 10.6. The van der Waals surface area contributed by atoms with E-state index >= 15 is 0 Å². The van der Waals surface area contributed by atoms with Crippen molar-refractivity contribution in [3.05, 3.63) is 65.5 Å². The average Bonchev–Trinajstić information content (AvgIpc) is 3.23. The summed E-state index contributed by atoms with van der Waals surface area (Å²) >= 11 is 0. The second-order valence-corrected chi connectivity index (χ2v) is 8.89. The van der Waals surface area contributed by atoms with E-state index in [0.29, 0.717) is 50.5 Å². The molecular formula is C24H29FN4O.